The van der Waals surface area contributed by atoms with Gasteiger partial charge in [-0.05, 0) is 36.5 Å². The monoisotopic (exact) mass is 221 g/mol. The van der Waals surface area contributed by atoms with Crippen LogP contribution in [0.1, 0.15) is 18.4 Å². The van der Waals surface area contributed by atoms with Gasteiger partial charge in [-0.2, -0.15) is 0 Å². The molecule has 0 aromatic heterocycles. The molecule has 2 N–H and O–H groups in total. The van der Waals surface area contributed by atoms with Crippen molar-refractivity contribution in [1.82, 2.24) is 0 Å². The first-order valence-corrected chi connectivity index (χ1v) is 5.65. The van der Waals surface area contributed by atoms with Gasteiger partial charge in [0.2, 0.25) is 0 Å². The van der Waals surface area contributed by atoms with Crippen LogP contribution >= 0.6 is 12.2 Å². The summed E-state index contributed by atoms with van der Waals surface area (Å²) in [6, 6.07) is 7.99. The lowest BCUT2D eigenvalue weighted by Crippen LogP contribution is -2.10. The molecule has 0 saturated heterocycles. The Balaban J connectivity index is 1.87. The third-order valence-electron chi connectivity index (χ3n) is 2.48. The van der Waals surface area contributed by atoms with Crippen LogP contribution in [-0.4, -0.2) is 11.6 Å². The zero-order chi connectivity index (χ0) is 10.7. The van der Waals surface area contributed by atoms with E-state index in [-0.39, 0.29) is 0 Å². The Morgan fingerprint density at radius 2 is 2.00 bits per heavy atom. The van der Waals surface area contributed by atoms with Gasteiger partial charge >= 0.3 is 0 Å². The van der Waals surface area contributed by atoms with E-state index in [1.54, 1.807) is 0 Å². The molecule has 0 bridgehead atoms. The zero-order valence-corrected chi connectivity index (χ0v) is 9.43. The average molecular weight is 221 g/mol. The minimum absolute atomic E-state index is 0.529. The van der Waals surface area contributed by atoms with Crippen LogP contribution in [0.3, 0.4) is 0 Å². The molecule has 3 heteroatoms. The van der Waals surface area contributed by atoms with Crippen molar-refractivity contribution in [3.63, 3.8) is 0 Å². The van der Waals surface area contributed by atoms with E-state index in [2.05, 4.69) is 0 Å². The number of benzene rings is 1. The van der Waals surface area contributed by atoms with Crippen LogP contribution in [0.4, 0.5) is 0 Å². The molecule has 1 saturated carbocycles. The van der Waals surface area contributed by atoms with E-state index in [4.69, 9.17) is 22.7 Å². The molecule has 0 spiro atoms. The highest BCUT2D eigenvalue weighted by Crippen LogP contribution is 2.29. The fourth-order valence-electron chi connectivity index (χ4n) is 1.40. The quantitative estimate of drug-likeness (QED) is 0.775. The van der Waals surface area contributed by atoms with Crippen LogP contribution in [0.25, 0.3) is 0 Å². The van der Waals surface area contributed by atoms with Gasteiger partial charge in [-0.15, -0.1) is 0 Å². The van der Waals surface area contributed by atoms with Crippen molar-refractivity contribution in [3.8, 4) is 5.75 Å². The van der Waals surface area contributed by atoms with E-state index >= 15 is 0 Å². The summed E-state index contributed by atoms with van der Waals surface area (Å²) in [6.45, 7) is 0.856. The molecule has 0 unspecified atom stereocenters. The second kappa shape index (κ2) is 4.62. The maximum Gasteiger partial charge on any atom is 0.119 e. The predicted octanol–water partition coefficient (Wildman–Crippen LogP) is 2.30. The Morgan fingerprint density at radius 3 is 2.53 bits per heavy atom. The van der Waals surface area contributed by atoms with Crippen molar-refractivity contribution in [2.45, 2.75) is 19.3 Å². The molecule has 0 radical (unpaired) electrons. The lowest BCUT2D eigenvalue weighted by Gasteiger charge is -2.05. The van der Waals surface area contributed by atoms with Crippen LogP contribution in [0, 0.1) is 5.92 Å². The lowest BCUT2D eigenvalue weighted by molar-refractivity contribution is 0.299. The molecular weight excluding hydrogens is 206 g/mol. The Morgan fingerprint density at radius 1 is 1.33 bits per heavy atom. The zero-order valence-electron chi connectivity index (χ0n) is 8.61. The molecule has 0 amide bonds. The summed E-state index contributed by atoms with van der Waals surface area (Å²) in [5.41, 5.74) is 6.61. The van der Waals surface area contributed by atoms with Gasteiger partial charge < -0.3 is 10.5 Å². The van der Waals surface area contributed by atoms with Gasteiger partial charge in [-0.25, -0.2) is 0 Å². The molecule has 0 atom stereocenters. The van der Waals surface area contributed by atoms with Gasteiger partial charge in [-0.3, -0.25) is 0 Å². The Kier molecular flexibility index (Phi) is 3.21. The summed E-state index contributed by atoms with van der Waals surface area (Å²) in [6.07, 6.45) is 3.30. The summed E-state index contributed by atoms with van der Waals surface area (Å²) in [4.78, 5) is 0.529. The highest BCUT2D eigenvalue weighted by atomic mass is 32.1. The molecule has 1 aromatic rings. The van der Waals surface area contributed by atoms with Crippen molar-refractivity contribution < 1.29 is 4.74 Å². The number of ether oxygens (including phenoxy) is 1. The van der Waals surface area contributed by atoms with E-state index < -0.39 is 0 Å². The molecule has 2 rings (SSSR count). The van der Waals surface area contributed by atoms with E-state index in [1.165, 1.54) is 12.8 Å². The first-order valence-electron chi connectivity index (χ1n) is 5.24. The summed E-state index contributed by atoms with van der Waals surface area (Å²) < 4.78 is 5.63. The van der Waals surface area contributed by atoms with Gasteiger partial charge in [0.1, 0.15) is 5.75 Å². The highest BCUT2D eigenvalue weighted by molar-refractivity contribution is 7.80. The van der Waals surface area contributed by atoms with Crippen LogP contribution in [0.5, 0.6) is 5.75 Å². The smallest absolute Gasteiger partial charge is 0.119 e. The molecule has 1 aromatic carbocycles. The Hall–Kier alpha value is -1.09. The van der Waals surface area contributed by atoms with E-state index in [1.807, 2.05) is 24.3 Å². The Bertz CT molecular complexity index is 343. The van der Waals surface area contributed by atoms with Crippen LogP contribution < -0.4 is 10.5 Å². The van der Waals surface area contributed by atoms with Gasteiger partial charge in [0.15, 0.2) is 0 Å². The van der Waals surface area contributed by atoms with Crippen LogP contribution in [-0.2, 0) is 6.42 Å². The molecule has 80 valence electrons. The van der Waals surface area contributed by atoms with Gasteiger partial charge in [0.05, 0.1) is 11.6 Å². The minimum atomic E-state index is 0.529. The number of hydrogen-bond acceptors (Lipinski definition) is 2. The maximum atomic E-state index is 5.63. The molecule has 1 aliphatic carbocycles. The molecule has 0 heterocycles. The SMILES string of the molecule is NC(=S)Cc1ccc(OCC2CC2)cc1. The Labute approximate surface area is 95.4 Å². The van der Waals surface area contributed by atoms with Gasteiger partial charge in [0, 0.05) is 6.42 Å². The van der Waals surface area contributed by atoms with Crippen LogP contribution in [0.15, 0.2) is 24.3 Å². The maximum absolute atomic E-state index is 5.63. The van der Waals surface area contributed by atoms with Crippen molar-refractivity contribution in [2.24, 2.45) is 11.7 Å². The topological polar surface area (TPSA) is 35.2 Å². The summed E-state index contributed by atoms with van der Waals surface area (Å²) >= 11 is 4.85. The third-order valence-corrected chi connectivity index (χ3v) is 2.63. The van der Waals surface area contributed by atoms with Crippen molar-refractivity contribution in [2.75, 3.05) is 6.61 Å². The van der Waals surface area contributed by atoms with Gasteiger partial charge in [0.25, 0.3) is 0 Å². The summed E-state index contributed by atoms with van der Waals surface area (Å²) in [5.74, 6) is 1.73. The predicted molar refractivity (Wildman–Crippen MR) is 65.2 cm³/mol. The molecule has 15 heavy (non-hydrogen) atoms. The minimum Gasteiger partial charge on any atom is -0.493 e. The second-order valence-electron chi connectivity index (χ2n) is 4.04. The fraction of sp³-hybridized carbons (Fsp3) is 0.417. The summed E-state index contributed by atoms with van der Waals surface area (Å²) in [7, 11) is 0. The van der Waals surface area contributed by atoms with Crippen LogP contribution in [0.2, 0.25) is 0 Å². The van der Waals surface area contributed by atoms with Gasteiger partial charge in [-0.1, -0.05) is 24.4 Å². The fourth-order valence-corrected chi connectivity index (χ4v) is 1.57. The standard InChI is InChI=1S/C12H15NOS/c13-12(15)7-9-3-5-11(6-4-9)14-8-10-1-2-10/h3-6,10H,1-2,7-8H2,(H2,13,15). The van der Waals surface area contributed by atoms with E-state index in [0.717, 1.165) is 23.8 Å². The summed E-state index contributed by atoms with van der Waals surface area (Å²) in [5, 5.41) is 0. The molecule has 0 aliphatic heterocycles. The normalized spacial score (nSPS) is 14.9. The van der Waals surface area contributed by atoms with Crippen molar-refractivity contribution >= 4 is 17.2 Å². The number of hydrogen-bond donors (Lipinski definition) is 1. The van der Waals surface area contributed by atoms with Crippen molar-refractivity contribution in [1.29, 1.82) is 0 Å². The van der Waals surface area contributed by atoms with E-state index in [9.17, 15) is 0 Å². The average Bonchev–Trinajstić information content (AvgIpc) is 2.99. The highest BCUT2D eigenvalue weighted by Gasteiger charge is 2.21. The largest absolute Gasteiger partial charge is 0.493 e. The third kappa shape index (κ3) is 3.51. The van der Waals surface area contributed by atoms with E-state index in [0.29, 0.717) is 11.4 Å². The number of nitrogens with two attached hydrogens (primary N) is 1. The lowest BCUT2D eigenvalue weighted by atomic mass is 10.1. The molecule has 1 aliphatic rings. The second-order valence-corrected chi connectivity index (χ2v) is 4.57. The molecule has 1 fully saturated rings. The first-order chi connectivity index (χ1) is 7.24. The number of rotatable bonds is 5. The molecular formula is C12H15NOS. The van der Waals surface area contributed by atoms with Crippen molar-refractivity contribution in [3.05, 3.63) is 29.8 Å². The first kappa shape index (κ1) is 10.4. The molecule has 2 nitrogen and oxygen atoms in total. The number of thiocarbonyl (C=S) groups is 1.